The number of rotatable bonds is 3. The van der Waals surface area contributed by atoms with Gasteiger partial charge in [0.15, 0.2) is 0 Å². The van der Waals surface area contributed by atoms with Gasteiger partial charge in [-0.25, -0.2) is 4.39 Å². The van der Waals surface area contributed by atoms with Gasteiger partial charge < -0.3 is 0 Å². The van der Waals surface area contributed by atoms with Gasteiger partial charge in [-0.15, -0.1) is 11.6 Å². The highest BCUT2D eigenvalue weighted by atomic mass is 35.5. The SMILES string of the molecule is Cc1cc(C(Cl)Cc2ccc(F)cc2)ccc1Cl. The summed E-state index contributed by atoms with van der Waals surface area (Å²) in [5.74, 6) is -0.229. The Kier molecular flexibility index (Phi) is 4.26. The molecule has 0 aliphatic heterocycles. The van der Waals surface area contributed by atoms with E-state index in [2.05, 4.69) is 0 Å². The van der Waals surface area contributed by atoms with Crippen molar-refractivity contribution >= 4 is 23.2 Å². The molecule has 3 heteroatoms. The second-order valence-corrected chi connectivity index (χ2v) is 5.24. The third-order valence-electron chi connectivity index (χ3n) is 2.87. The Morgan fingerprint density at radius 2 is 1.78 bits per heavy atom. The number of hydrogen-bond donors (Lipinski definition) is 0. The maximum atomic E-state index is 12.8. The van der Waals surface area contributed by atoms with Crippen LogP contribution in [0.1, 0.15) is 22.1 Å². The van der Waals surface area contributed by atoms with Gasteiger partial charge in [0.05, 0.1) is 5.38 Å². The zero-order valence-corrected chi connectivity index (χ0v) is 11.5. The Morgan fingerprint density at radius 3 is 2.39 bits per heavy atom. The monoisotopic (exact) mass is 282 g/mol. The van der Waals surface area contributed by atoms with Gasteiger partial charge in [-0.1, -0.05) is 35.9 Å². The van der Waals surface area contributed by atoms with E-state index < -0.39 is 0 Å². The molecule has 0 nitrogen and oxygen atoms in total. The largest absolute Gasteiger partial charge is 0.207 e. The average molecular weight is 283 g/mol. The van der Waals surface area contributed by atoms with Gasteiger partial charge in [-0.3, -0.25) is 0 Å². The third kappa shape index (κ3) is 3.24. The van der Waals surface area contributed by atoms with E-state index in [9.17, 15) is 4.39 Å². The molecular weight excluding hydrogens is 270 g/mol. The van der Waals surface area contributed by atoms with Crippen LogP contribution in [0.5, 0.6) is 0 Å². The van der Waals surface area contributed by atoms with Crippen LogP contribution in [0.25, 0.3) is 0 Å². The molecule has 0 N–H and O–H groups in total. The Labute approximate surface area is 116 Å². The van der Waals surface area contributed by atoms with Crippen molar-refractivity contribution < 1.29 is 4.39 Å². The van der Waals surface area contributed by atoms with E-state index in [-0.39, 0.29) is 11.2 Å². The number of benzene rings is 2. The summed E-state index contributed by atoms with van der Waals surface area (Å²) in [5, 5.41) is 0.607. The van der Waals surface area contributed by atoms with Crippen molar-refractivity contribution in [2.24, 2.45) is 0 Å². The minimum absolute atomic E-state index is 0.133. The lowest BCUT2D eigenvalue weighted by Gasteiger charge is -2.11. The van der Waals surface area contributed by atoms with Crippen LogP contribution >= 0.6 is 23.2 Å². The maximum absolute atomic E-state index is 12.8. The fourth-order valence-corrected chi connectivity index (χ4v) is 2.24. The highest BCUT2D eigenvalue weighted by Gasteiger charge is 2.10. The second kappa shape index (κ2) is 5.73. The van der Waals surface area contributed by atoms with E-state index in [0.29, 0.717) is 6.42 Å². The summed E-state index contributed by atoms with van der Waals surface area (Å²) in [4.78, 5) is 0. The first-order chi connectivity index (χ1) is 8.56. The number of hydrogen-bond acceptors (Lipinski definition) is 0. The lowest BCUT2D eigenvalue weighted by atomic mass is 10.0. The quantitative estimate of drug-likeness (QED) is 0.669. The predicted molar refractivity (Wildman–Crippen MR) is 74.9 cm³/mol. The molecule has 0 spiro atoms. The van der Waals surface area contributed by atoms with Crippen molar-refractivity contribution in [2.75, 3.05) is 0 Å². The molecule has 0 aromatic heterocycles. The first-order valence-electron chi connectivity index (χ1n) is 5.71. The summed E-state index contributed by atoms with van der Waals surface area (Å²) in [6.45, 7) is 1.95. The molecule has 0 saturated carbocycles. The Morgan fingerprint density at radius 1 is 1.11 bits per heavy atom. The van der Waals surface area contributed by atoms with Gasteiger partial charge in [0.2, 0.25) is 0 Å². The standard InChI is InChI=1S/C15H13Cl2F/c1-10-8-12(4-7-14(10)16)15(17)9-11-2-5-13(18)6-3-11/h2-8,15H,9H2,1H3. The first kappa shape index (κ1) is 13.4. The molecule has 2 aromatic carbocycles. The Balaban J connectivity index is 2.13. The highest BCUT2D eigenvalue weighted by Crippen LogP contribution is 2.28. The molecule has 1 atom stereocenters. The molecule has 0 saturated heterocycles. The van der Waals surface area contributed by atoms with Crippen molar-refractivity contribution in [3.63, 3.8) is 0 Å². The molecule has 2 aromatic rings. The summed E-state index contributed by atoms with van der Waals surface area (Å²) in [6, 6.07) is 12.2. The molecule has 18 heavy (non-hydrogen) atoms. The summed E-state index contributed by atoms with van der Waals surface area (Å²) in [7, 11) is 0. The van der Waals surface area contributed by atoms with Gasteiger partial charge in [0, 0.05) is 5.02 Å². The third-order valence-corrected chi connectivity index (χ3v) is 3.70. The Bertz CT molecular complexity index is 535. The Hall–Kier alpha value is -1.05. The smallest absolute Gasteiger partial charge is 0.123 e. The molecule has 94 valence electrons. The molecule has 0 bridgehead atoms. The lowest BCUT2D eigenvalue weighted by molar-refractivity contribution is 0.627. The molecule has 0 radical (unpaired) electrons. The van der Waals surface area contributed by atoms with E-state index >= 15 is 0 Å². The molecule has 1 unspecified atom stereocenters. The number of alkyl halides is 1. The van der Waals surface area contributed by atoms with Crippen LogP contribution in [0.4, 0.5) is 4.39 Å². The van der Waals surface area contributed by atoms with Crippen molar-refractivity contribution in [1.82, 2.24) is 0 Å². The summed E-state index contributed by atoms with van der Waals surface area (Å²) in [6.07, 6.45) is 0.670. The fourth-order valence-electron chi connectivity index (χ4n) is 1.81. The molecule has 0 amide bonds. The van der Waals surface area contributed by atoms with Crippen molar-refractivity contribution in [3.05, 3.63) is 70.0 Å². The van der Waals surface area contributed by atoms with Crippen molar-refractivity contribution in [2.45, 2.75) is 18.7 Å². The summed E-state index contributed by atoms with van der Waals surface area (Å²) in [5.41, 5.74) is 3.06. The lowest BCUT2D eigenvalue weighted by Crippen LogP contribution is -1.96. The second-order valence-electron chi connectivity index (χ2n) is 4.31. The minimum Gasteiger partial charge on any atom is -0.207 e. The van der Waals surface area contributed by atoms with E-state index in [1.807, 2.05) is 25.1 Å². The van der Waals surface area contributed by atoms with E-state index in [1.165, 1.54) is 12.1 Å². The highest BCUT2D eigenvalue weighted by molar-refractivity contribution is 6.31. The molecule has 2 rings (SSSR count). The van der Waals surface area contributed by atoms with E-state index in [4.69, 9.17) is 23.2 Å². The van der Waals surface area contributed by atoms with Gasteiger partial charge in [0.1, 0.15) is 5.82 Å². The zero-order chi connectivity index (χ0) is 13.1. The van der Waals surface area contributed by atoms with Crippen LogP contribution < -0.4 is 0 Å². The van der Waals surface area contributed by atoms with E-state index in [1.54, 1.807) is 12.1 Å². The van der Waals surface area contributed by atoms with Crippen LogP contribution in [-0.2, 0) is 6.42 Å². The number of halogens is 3. The predicted octanol–water partition coefficient (Wildman–Crippen LogP) is 5.31. The van der Waals surface area contributed by atoms with Gasteiger partial charge in [0.25, 0.3) is 0 Å². The molecular formula is C15H13Cl2F. The zero-order valence-electron chi connectivity index (χ0n) is 9.96. The molecule has 0 fully saturated rings. The van der Waals surface area contributed by atoms with Gasteiger partial charge >= 0.3 is 0 Å². The topological polar surface area (TPSA) is 0 Å². The average Bonchev–Trinajstić information content (AvgIpc) is 2.35. The van der Waals surface area contributed by atoms with Crippen LogP contribution in [-0.4, -0.2) is 0 Å². The van der Waals surface area contributed by atoms with E-state index in [0.717, 1.165) is 21.7 Å². The normalized spacial score (nSPS) is 12.4. The number of aryl methyl sites for hydroxylation is 1. The fraction of sp³-hybridized carbons (Fsp3) is 0.200. The molecule has 0 aliphatic rings. The van der Waals surface area contributed by atoms with Crippen LogP contribution in [0.3, 0.4) is 0 Å². The first-order valence-corrected chi connectivity index (χ1v) is 6.52. The minimum atomic E-state index is -0.229. The maximum Gasteiger partial charge on any atom is 0.123 e. The van der Waals surface area contributed by atoms with Crippen LogP contribution in [0, 0.1) is 12.7 Å². The molecule has 0 aliphatic carbocycles. The van der Waals surface area contributed by atoms with Gasteiger partial charge in [-0.05, 0) is 48.2 Å². The van der Waals surface area contributed by atoms with Gasteiger partial charge in [-0.2, -0.15) is 0 Å². The summed E-state index contributed by atoms with van der Waals surface area (Å²) >= 11 is 12.3. The van der Waals surface area contributed by atoms with Crippen LogP contribution in [0.15, 0.2) is 42.5 Å². The summed E-state index contributed by atoms with van der Waals surface area (Å²) < 4.78 is 12.8. The van der Waals surface area contributed by atoms with Crippen LogP contribution in [0.2, 0.25) is 5.02 Å². The molecule has 0 heterocycles. The van der Waals surface area contributed by atoms with Crippen molar-refractivity contribution in [1.29, 1.82) is 0 Å². The van der Waals surface area contributed by atoms with Crippen molar-refractivity contribution in [3.8, 4) is 0 Å².